The standard InChI is InChI=1S/C15H31N5O.HI/c1-2-18-7-9-19(10-8-18)6-4-3-5-17-15(16)20-11-13-21-14-12-20;/h2-14H2,1H3,(H2,16,17);1H. The van der Waals surface area contributed by atoms with Crippen LogP contribution in [0.25, 0.3) is 0 Å². The van der Waals surface area contributed by atoms with E-state index in [0.29, 0.717) is 5.96 Å². The molecule has 0 bridgehead atoms. The van der Waals surface area contributed by atoms with Gasteiger partial charge in [-0.25, -0.2) is 0 Å². The molecule has 0 aliphatic carbocycles. The van der Waals surface area contributed by atoms with E-state index >= 15 is 0 Å². The molecule has 0 saturated carbocycles. The van der Waals surface area contributed by atoms with Gasteiger partial charge in [0.1, 0.15) is 0 Å². The van der Waals surface area contributed by atoms with Gasteiger partial charge in [-0.2, -0.15) is 0 Å². The Kier molecular flexibility index (Phi) is 10.3. The molecule has 2 heterocycles. The first-order chi connectivity index (χ1) is 10.3. The van der Waals surface area contributed by atoms with Gasteiger partial charge in [-0.15, -0.1) is 24.0 Å². The molecule has 0 aromatic carbocycles. The lowest BCUT2D eigenvalue weighted by atomic mass is 10.2. The van der Waals surface area contributed by atoms with Gasteiger partial charge in [-0.05, 0) is 25.9 Å². The molecule has 0 spiro atoms. The minimum atomic E-state index is 0. The van der Waals surface area contributed by atoms with Crippen LogP contribution >= 0.6 is 24.0 Å². The van der Waals surface area contributed by atoms with E-state index in [1.54, 1.807) is 0 Å². The van der Waals surface area contributed by atoms with Crippen molar-refractivity contribution in [2.45, 2.75) is 19.8 Å². The topological polar surface area (TPSA) is 57.3 Å². The molecule has 2 fully saturated rings. The van der Waals surface area contributed by atoms with Crippen molar-refractivity contribution >= 4 is 29.9 Å². The molecular formula is C15H32IN5O. The number of guanidine groups is 1. The lowest BCUT2D eigenvalue weighted by Crippen LogP contribution is -2.46. The van der Waals surface area contributed by atoms with Crippen LogP contribution in [0.5, 0.6) is 0 Å². The van der Waals surface area contributed by atoms with E-state index in [9.17, 15) is 0 Å². The molecule has 0 aromatic rings. The van der Waals surface area contributed by atoms with E-state index in [1.807, 2.05) is 0 Å². The fourth-order valence-electron chi connectivity index (χ4n) is 2.86. The second-order valence-electron chi connectivity index (χ2n) is 5.82. The molecule has 22 heavy (non-hydrogen) atoms. The van der Waals surface area contributed by atoms with Crippen molar-refractivity contribution in [1.82, 2.24) is 14.7 Å². The SMILES string of the molecule is CCN1CCN(CCCCN=C(N)N2CCOCC2)CC1.I. The second-order valence-corrected chi connectivity index (χ2v) is 5.82. The molecule has 130 valence electrons. The number of ether oxygens (including phenoxy) is 1. The number of hydrogen-bond donors (Lipinski definition) is 1. The van der Waals surface area contributed by atoms with Crippen molar-refractivity contribution in [2.24, 2.45) is 10.7 Å². The highest BCUT2D eigenvalue weighted by atomic mass is 127. The third-order valence-corrected chi connectivity index (χ3v) is 4.40. The Morgan fingerprint density at radius 1 is 1.00 bits per heavy atom. The van der Waals surface area contributed by atoms with Crippen LogP contribution in [-0.4, -0.2) is 92.8 Å². The van der Waals surface area contributed by atoms with Gasteiger partial charge in [0.2, 0.25) is 0 Å². The fraction of sp³-hybridized carbons (Fsp3) is 0.933. The van der Waals surface area contributed by atoms with Crippen molar-refractivity contribution in [3.8, 4) is 0 Å². The average molecular weight is 425 g/mol. The predicted molar refractivity (Wildman–Crippen MR) is 102 cm³/mol. The van der Waals surface area contributed by atoms with Gasteiger partial charge < -0.3 is 25.2 Å². The number of halogens is 1. The summed E-state index contributed by atoms with van der Waals surface area (Å²) in [5, 5.41) is 0. The molecule has 2 saturated heterocycles. The average Bonchev–Trinajstić information content (AvgIpc) is 2.55. The summed E-state index contributed by atoms with van der Waals surface area (Å²) in [6, 6.07) is 0. The number of unbranched alkanes of at least 4 members (excludes halogenated alkanes) is 1. The zero-order valence-electron chi connectivity index (χ0n) is 13.9. The molecule has 2 rings (SSSR count). The highest BCUT2D eigenvalue weighted by Gasteiger charge is 2.14. The summed E-state index contributed by atoms with van der Waals surface area (Å²) in [7, 11) is 0. The lowest BCUT2D eigenvalue weighted by Gasteiger charge is -2.33. The van der Waals surface area contributed by atoms with Gasteiger partial charge in [-0.3, -0.25) is 4.99 Å². The summed E-state index contributed by atoms with van der Waals surface area (Å²) in [6.45, 7) is 13.6. The zero-order chi connectivity index (χ0) is 14.9. The van der Waals surface area contributed by atoms with Crippen LogP contribution in [0.1, 0.15) is 19.8 Å². The number of nitrogens with two attached hydrogens (primary N) is 1. The molecular weight excluding hydrogens is 393 g/mol. The third-order valence-electron chi connectivity index (χ3n) is 4.40. The first kappa shape index (κ1) is 19.9. The largest absolute Gasteiger partial charge is 0.378 e. The summed E-state index contributed by atoms with van der Waals surface area (Å²) < 4.78 is 5.31. The maximum Gasteiger partial charge on any atom is 0.191 e. The van der Waals surface area contributed by atoms with Crippen molar-refractivity contribution in [1.29, 1.82) is 0 Å². The molecule has 6 nitrogen and oxygen atoms in total. The van der Waals surface area contributed by atoms with Crippen LogP contribution < -0.4 is 5.73 Å². The Hall–Kier alpha value is -0.120. The summed E-state index contributed by atoms with van der Waals surface area (Å²) in [4.78, 5) is 11.7. The summed E-state index contributed by atoms with van der Waals surface area (Å²) in [5.74, 6) is 0.690. The first-order valence-corrected chi connectivity index (χ1v) is 8.37. The highest BCUT2D eigenvalue weighted by molar-refractivity contribution is 14.0. The normalized spacial score (nSPS) is 21.7. The van der Waals surface area contributed by atoms with Crippen molar-refractivity contribution in [2.75, 3.05) is 72.1 Å². The van der Waals surface area contributed by atoms with E-state index in [0.717, 1.165) is 39.3 Å². The molecule has 7 heteroatoms. The lowest BCUT2D eigenvalue weighted by molar-refractivity contribution is 0.0674. The Bertz CT molecular complexity index is 315. The molecule has 2 aliphatic heterocycles. The minimum Gasteiger partial charge on any atom is -0.378 e. The summed E-state index contributed by atoms with van der Waals surface area (Å²) in [5.41, 5.74) is 6.01. The summed E-state index contributed by atoms with van der Waals surface area (Å²) in [6.07, 6.45) is 2.34. The molecule has 0 radical (unpaired) electrons. The van der Waals surface area contributed by atoms with Crippen molar-refractivity contribution in [3.05, 3.63) is 0 Å². The van der Waals surface area contributed by atoms with Gasteiger partial charge in [0, 0.05) is 45.8 Å². The Labute approximate surface area is 152 Å². The highest BCUT2D eigenvalue weighted by Crippen LogP contribution is 2.03. The molecule has 0 aromatic heterocycles. The Morgan fingerprint density at radius 3 is 2.27 bits per heavy atom. The van der Waals surface area contributed by atoms with Crippen molar-refractivity contribution < 1.29 is 4.74 Å². The van der Waals surface area contributed by atoms with E-state index < -0.39 is 0 Å². The molecule has 2 aliphatic rings. The number of aliphatic imine (C=N–C) groups is 1. The van der Waals surface area contributed by atoms with Crippen molar-refractivity contribution in [3.63, 3.8) is 0 Å². The number of rotatable bonds is 6. The number of nitrogens with zero attached hydrogens (tertiary/aromatic N) is 4. The number of likely N-dealkylation sites (N-methyl/N-ethyl adjacent to an activating group) is 1. The van der Waals surface area contributed by atoms with Crippen LogP contribution in [0.2, 0.25) is 0 Å². The van der Waals surface area contributed by atoms with Gasteiger partial charge in [0.15, 0.2) is 5.96 Å². The van der Waals surface area contributed by atoms with E-state index in [-0.39, 0.29) is 24.0 Å². The number of piperazine rings is 1. The summed E-state index contributed by atoms with van der Waals surface area (Å²) >= 11 is 0. The number of hydrogen-bond acceptors (Lipinski definition) is 4. The quantitative estimate of drug-likeness (QED) is 0.294. The Morgan fingerprint density at radius 2 is 1.64 bits per heavy atom. The third kappa shape index (κ3) is 6.97. The van der Waals surface area contributed by atoms with Gasteiger partial charge in [0.05, 0.1) is 13.2 Å². The molecule has 0 amide bonds. The first-order valence-electron chi connectivity index (χ1n) is 8.37. The van der Waals surface area contributed by atoms with E-state index in [2.05, 4.69) is 26.6 Å². The van der Waals surface area contributed by atoms with Gasteiger partial charge in [0.25, 0.3) is 0 Å². The van der Waals surface area contributed by atoms with Crippen LogP contribution in [0, 0.1) is 0 Å². The van der Waals surface area contributed by atoms with E-state index in [1.165, 1.54) is 45.7 Å². The van der Waals surface area contributed by atoms with Gasteiger partial charge >= 0.3 is 0 Å². The molecule has 0 unspecified atom stereocenters. The minimum absolute atomic E-state index is 0. The fourth-order valence-corrected chi connectivity index (χ4v) is 2.86. The van der Waals surface area contributed by atoms with E-state index in [4.69, 9.17) is 10.5 Å². The molecule has 2 N–H and O–H groups in total. The van der Waals surface area contributed by atoms with Gasteiger partial charge in [-0.1, -0.05) is 6.92 Å². The monoisotopic (exact) mass is 425 g/mol. The predicted octanol–water partition coefficient (Wildman–Crippen LogP) is 0.669. The van der Waals surface area contributed by atoms with Crippen LogP contribution in [0.15, 0.2) is 4.99 Å². The zero-order valence-corrected chi connectivity index (χ0v) is 16.2. The molecule has 0 atom stereocenters. The second kappa shape index (κ2) is 11.4. The smallest absolute Gasteiger partial charge is 0.191 e. The maximum absolute atomic E-state index is 6.01. The number of morpholine rings is 1. The van der Waals surface area contributed by atoms with Crippen LogP contribution in [0.4, 0.5) is 0 Å². The Balaban J connectivity index is 0.00000242. The van der Waals surface area contributed by atoms with Crippen LogP contribution in [0.3, 0.4) is 0 Å². The van der Waals surface area contributed by atoms with Crippen LogP contribution in [-0.2, 0) is 4.74 Å². The maximum atomic E-state index is 6.01.